The van der Waals surface area contributed by atoms with Gasteiger partial charge in [0, 0.05) is 6.42 Å². The first-order valence-electron chi connectivity index (χ1n) is 9.29. The lowest BCUT2D eigenvalue weighted by atomic mass is 10.1. The normalized spacial score (nSPS) is 11.7. The average Bonchev–Trinajstić information content (AvgIpc) is 2.50. The molecule has 0 radical (unpaired) electrons. The lowest BCUT2D eigenvalue weighted by molar-refractivity contribution is -0.137. The Labute approximate surface area is 137 Å². The van der Waals surface area contributed by atoms with Crippen molar-refractivity contribution >= 4 is 5.97 Å². The fourth-order valence-electron chi connectivity index (χ4n) is 2.41. The number of aliphatic carboxylic acids is 1. The van der Waals surface area contributed by atoms with Crippen LogP contribution in [0.15, 0.2) is 24.3 Å². The summed E-state index contributed by atoms with van der Waals surface area (Å²) in [5.74, 6) is -0.676. The van der Waals surface area contributed by atoms with Crippen molar-refractivity contribution in [1.29, 1.82) is 0 Å². The molecule has 22 heavy (non-hydrogen) atoms. The van der Waals surface area contributed by atoms with Crippen LogP contribution < -0.4 is 0 Å². The highest BCUT2D eigenvalue weighted by atomic mass is 16.4. The number of hydrogen-bond donors (Lipinski definition) is 1. The summed E-state index contributed by atoms with van der Waals surface area (Å²) >= 11 is 0. The highest BCUT2D eigenvalue weighted by Crippen LogP contribution is 2.07. The molecule has 0 bridgehead atoms. The van der Waals surface area contributed by atoms with Crippen LogP contribution in [0.1, 0.15) is 96.8 Å². The van der Waals surface area contributed by atoms with Gasteiger partial charge in [0.2, 0.25) is 0 Å². The molecule has 0 aliphatic rings. The molecule has 0 saturated carbocycles. The van der Waals surface area contributed by atoms with Crippen molar-refractivity contribution in [2.75, 3.05) is 0 Å². The van der Waals surface area contributed by atoms with Gasteiger partial charge in [0.25, 0.3) is 0 Å². The Balaban J connectivity index is 3.18. The summed E-state index contributed by atoms with van der Waals surface area (Å²) in [6.07, 6.45) is 25.2. The van der Waals surface area contributed by atoms with E-state index in [1.165, 1.54) is 51.4 Å². The van der Waals surface area contributed by atoms with Gasteiger partial charge in [-0.3, -0.25) is 4.79 Å². The summed E-state index contributed by atoms with van der Waals surface area (Å²) in [7, 11) is 0. The van der Waals surface area contributed by atoms with Crippen LogP contribution in [0.3, 0.4) is 0 Å². The van der Waals surface area contributed by atoms with E-state index in [1.807, 2.05) is 0 Å². The van der Waals surface area contributed by atoms with Gasteiger partial charge in [-0.05, 0) is 51.4 Å². The van der Waals surface area contributed by atoms with Gasteiger partial charge < -0.3 is 5.11 Å². The summed E-state index contributed by atoms with van der Waals surface area (Å²) in [6.45, 7) is 2.26. The van der Waals surface area contributed by atoms with Crippen molar-refractivity contribution in [2.24, 2.45) is 0 Å². The Kier molecular flexibility index (Phi) is 17.1. The van der Waals surface area contributed by atoms with Gasteiger partial charge >= 0.3 is 5.97 Å². The van der Waals surface area contributed by atoms with Crippen molar-refractivity contribution < 1.29 is 9.90 Å². The molecule has 2 heteroatoms. The Morgan fingerprint density at radius 2 is 1.14 bits per heavy atom. The molecule has 0 aromatic rings. The predicted octanol–water partition coefficient (Wildman–Crippen LogP) is 6.66. The van der Waals surface area contributed by atoms with Gasteiger partial charge in [0.15, 0.2) is 0 Å². The van der Waals surface area contributed by atoms with Gasteiger partial charge in [-0.25, -0.2) is 0 Å². The molecule has 0 unspecified atom stereocenters. The van der Waals surface area contributed by atoms with Crippen LogP contribution in [0, 0.1) is 0 Å². The maximum Gasteiger partial charge on any atom is 0.303 e. The Morgan fingerprint density at radius 1 is 0.682 bits per heavy atom. The standard InChI is InChI=1S/C20H36O2/c1-2-3-4-5-6-7-8-9-10-11-12-13-14-15-16-17-18-19-20(21)22/h8-9,13-14H,2-7,10-12,15-19H2,1H3,(H,21,22). The fourth-order valence-corrected chi connectivity index (χ4v) is 2.41. The SMILES string of the molecule is CCCCCCCC=CCCCC=CCCCCCC(=O)O. The Hall–Kier alpha value is -1.05. The van der Waals surface area contributed by atoms with E-state index in [1.54, 1.807) is 0 Å². The van der Waals surface area contributed by atoms with E-state index < -0.39 is 5.97 Å². The topological polar surface area (TPSA) is 37.3 Å². The number of allylic oxidation sites excluding steroid dienone is 4. The van der Waals surface area contributed by atoms with Gasteiger partial charge in [-0.1, -0.05) is 63.3 Å². The summed E-state index contributed by atoms with van der Waals surface area (Å²) in [5.41, 5.74) is 0. The summed E-state index contributed by atoms with van der Waals surface area (Å²) in [4.78, 5) is 10.3. The maximum absolute atomic E-state index is 10.3. The zero-order valence-electron chi connectivity index (χ0n) is 14.6. The molecule has 2 nitrogen and oxygen atoms in total. The van der Waals surface area contributed by atoms with Crippen molar-refractivity contribution in [3.8, 4) is 0 Å². The molecule has 0 heterocycles. The molecule has 0 fully saturated rings. The number of rotatable bonds is 16. The summed E-state index contributed by atoms with van der Waals surface area (Å²) in [5, 5.41) is 8.52. The Morgan fingerprint density at radius 3 is 1.64 bits per heavy atom. The average molecular weight is 309 g/mol. The van der Waals surface area contributed by atoms with Crippen LogP contribution >= 0.6 is 0 Å². The third kappa shape index (κ3) is 18.9. The third-order valence-corrected chi connectivity index (χ3v) is 3.81. The minimum absolute atomic E-state index is 0.314. The largest absolute Gasteiger partial charge is 0.481 e. The lowest BCUT2D eigenvalue weighted by Gasteiger charge is -1.96. The van der Waals surface area contributed by atoms with Crippen molar-refractivity contribution in [3.63, 3.8) is 0 Å². The minimum Gasteiger partial charge on any atom is -0.481 e. The first-order valence-corrected chi connectivity index (χ1v) is 9.29. The molecule has 0 aliphatic heterocycles. The van der Waals surface area contributed by atoms with Gasteiger partial charge in [0.1, 0.15) is 0 Å². The van der Waals surface area contributed by atoms with Gasteiger partial charge in [-0.15, -0.1) is 0 Å². The van der Waals surface area contributed by atoms with Crippen LogP contribution in [0.25, 0.3) is 0 Å². The number of carboxylic acid groups (broad SMARTS) is 1. The number of carbonyl (C=O) groups is 1. The van der Waals surface area contributed by atoms with Crippen LogP contribution in [-0.4, -0.2) is 11.1 Å². The molecule has 0 rings (SSSR count). The number of carboxylic acids is 1. The van der Waals surface area contributed by atoms with E-state index in [-0.39, 0.29) is 0 Å². The van der Waals surface area contributed by atoms with E-state index >= 15 is 0 Å². The minimum atomic E-state index is -0.676. The second kappa shape index (κ2) is 18.0. The first kappa shape index (κ1) is 20.9. The molecule has 0 saturated heterocycles. The molecular weight excluding hydrogens is 272 g/mol. The summed E-state index contributed by atoms with van der Waals surface area (Å²) < 4.78 is 0. The molecule has 0 aromatic carbocycles. The second-order valence-corrected chi connectivity index (χ2v) is 6.07. The van der Waals surface area contributed by atoms with E-state index in [2.05, 4.69) is 31.2 Å². The zero-order valence-corrected chi connectivity index (χ0v) is 14.6. The molecule has 0 aliphatic carbocycles. The summed E-state index contributed by atoms with van der Waals surface area (Å²) in [6, 6.07) is 0. The van der Waals surface area contributed by atoms with Crippen molar-refractivity contribution in [2.45, 2.75) is 96.8 Å². The third-order valence-electron chi connectivity index (χ3n) is 3.81. The molecule has 0 spiro atoms. The zero-order chi connectivity index (χ0) is 16.3. The number of hydrogen-bond acceptors (Lipinski definition) is 1. The van der Waals surface area contributed by atoms with Gasteiger partial charge in [-0.2, -0.15) is 0 Å². The number of unbranched alkanes of at least 4 members (excludes halogenated alkanes) is 10. The highest BCUT2D eigenvalue weighted by molar-refractivity contribution is 5.66. The van der Waals surface area contributed by atoms with Crippen LogP contribution in [0.2, 0.25) is 0 Å². The molecule has 128 valence electrons. The predicted molar refractivity (Wildman–Crippen MR) is 96.2 cm³/mol. The van der Waals surface area contributed by atoms with E-state index in [4.69, 9.17) is 5.11 Å². The molecule has 1 N–H and O–H groups in total. The van der Waals surface area contributed by atoms with Crippen molar-refractivity contribution in [3.05, 3.63) is 24.3 Å². The first-order chi connectivity index (χ1) is 10.8. The smallest absolute Gasteiger partial charge is 0.303 e. The molecule has 0 aromatic heterocycles. The van der Waals surface area contributed by atoms with Crippen molar-refractivity contribution in [1.82, 2.24) is 0 Å². The molecule has 0 amide bonds. The molecular formula is C20H36O2. The second-order valence-electron chi connectivity index (χ2n) is 6.07. The molecule has 0 atom stereocenters. The highest BCUT2D eigenvalue weighted by Gasteiger charge is 1.94. The van der Waals surface area contributed by atoms with E-state index in [9.17, 15) is 4.79 Å². The van der Waals surface area contributed by atoms with Crippen LogP contribution in [0.4, 0.5) is 0 Å². The quantitative estimate of drug-likeness (QED) is 0.255. The van der Waals surface area contributed by atoms with E-state index in [0.29, 0.717) is 6.42 Å². The van der Waals surface area contributed by atoms with Gasteiger partial charge in [0.05, 0.1) is 0 Å². The lowest BCUT2D eigenvalue weighted by Crippen LogP contribution is -1.93. The van der Waals surface area contributed by atoms with Crippen LogP contribution in [-0.2, 0) is 4.79 Å². The fraction of sp³-hybridized carbons (Fsp3) is 0.750. The monoisotopic (exact) mass is 308 g/mol. The van der Waals surface area contributed by atoms with E-state index in [0.717, 1.165) is 32.1 Å². The van der Waals surface area contributed by atoms with Crippen LogP contribution in [0.5, 0.6) is 0 Å². The maximum atomic E-state index is 10.3. The Bertz CT molecular complexity index is 292.